The lowest BCUT2D eigenvalue weighted by Gasteiger charge is -2.11. The van der Waals surface area contributed by atoms with Crippen LogP contribution in [-0.2, 0) is 24.2 Å². The molecule has 1 aliphatic rings. The van der Waals surface area contributed by atoms with Crippen LogP contribution < -0.4 is 10.1 Å². The summed E-state index contributed by atoms with van der Waals surface area (Å²) in [5.41, 5.74) is 4.90. The van der Waals surface area contributed by atoms with Crippen molar-refractivity contribution in [2.75, 3.05) is 7.11 Å². The molecule has 1 aromatic carbocycles. The van der Waals surface area contributed by atoms with E-state index in [0.29, 0.717) is 12.3 Å². The van der Waals surface area contributed by atoms with Gasteiger partial charge in [-0.05, 0) is 49.5 Å². The Morgan fingerprint density at radius 3 is 2.96 bits per heavy atom. The van der Waals surface area contributed by atoms with Crippen molar-refractivity contribution in [2.45, 2.75) is 39.2 Å². The molecule has 0 saturated carbocycles. The molecule has 1 N–H and O–H groups in total. The molecular weight excluding hydrogens is 352 g/mol. The number of pyridine rings is 1. The molecule has 0 spiro atoms. The van der Waals surface area contributed by atoms with Gasteiger partial charge in [0.15, 0.2) is 0 Å². The fraction of sp³-hybridized carbons (Fsp3) is 0.304. The molecule has 144 valence electrons. The topological polar surface area (TPSA) is 64.4 Å². The molecule has 4 rings (SSSR count). The predicted molar refractivity (Wildman–Crippen MR) is 109 cm³/mol. The fourth-order valence-corrected chi connectivity index (χ4v) is 3.78. The summed E-state index contributed by atoms with van der Waals surface area (Å²) >= 11 is 0. The van der Waals surface area contributed by atoms with Crippen LogP contribution >= 0.6 is 0 Å². The number of methoxy groups -OCH3 is 1. The molecule has 0 unspecified atom stereocenters. The minimum absolute atomic E-state index is 0.141. The maximum atomic E-state index is 12.4. The number of carbonyl (C=O) groups is 1. The van der Waals surface area contributed by atoms with Crippen LogP contribution in [0.3, 0.4) is 0 Å². The molecule has 0 aliphatic heterocycles. The van der Waals surface area contributed by atoms with Crippen LogP contribution in [0.1, 0.15) is 42.2 Å². The molecule has 28 heavy (non-hydrogen) atoms. The highest BCUT2D eigenvalue weighted by molar-refractivity contribution is 5.97. The number of aryl methyl sites for hydroxylation is 2. The van der Waals surface area contributed by atoms with E-state index in [1.54, 1.807) is 25.6 Å². The number of aromatic nitrogens is 1. The van der Waals surface area contributed by atoms with E-state index in [-0.39, 0.29) is 5.91 Å². The smallest absolute Gasteiger partial charge is 0.244 e. The van der Waals surface area contributed by atoms with Crippen molar-refractivity contribution in [2.24, 2.45) is 0 Å². The molecule has 2 heterocycles. The van der Waals surface area contributed by atoms with E-state index in [0.717, 1.165) is 46.3 Å². The first-order chi connectivity index (χ1) is 13.7. The molecule has 0 fully saturated rings. The Balaban J connectivity index is 1.61. The third kappa shape index (κ3) is 3.65. The lowest BCUT2D eigenvalue weighted by Crippen LogP contribution is -2.20. The van der Waals surface area contributed by atoms with E-state index in [9.17, 15) is 4.79 Å². The molecule has 2 aromatic heterocycles. The number of furan rings is 1. The Labute approximate surface area is 164 Å². The van der Waals surface area contributed by atoms with E-state index < -0.39 is 0 Å². The van der Waals surface area contributed by atoms with Crippen molar-refractivity contribution < 1.29 is 13.9 Å². The van der Waals surface area contributed by atoms with Crippen molar-refractivity contribution in [3.63, 3.8) is 0 Å². The summed E-state index contributed by atoms with van der Waals surface area (Å²) in [6.07, 6.45) is 9.48. The zero-order chi connectivity index (χ0) is 19.5. The van der Waals surface area contributed by atoms with Gasteiger partial charge in [-0.2, -0.15) is 0 Å². The number of hydrogen-bond acceptors (Lipinski definition) is 4. The number of fused-ring (bicyclic) bond motifs is 3. The van der Waals surface area contributed by atoms with Crippen LogP contribution in [0.15, 0.2) is 47.2 Å². The van der Waals surface area contributed by atoms with Crippen LogP contribution in [-0.4, -0.2) is 18.0 Å². The summed E-state index contributed by atoms with van der Waals surface area (Å²) < 4.78 is 11.6. The van der Waals surface area contributed by atoms with Crippen molar-refractivity contribution in [3.8, 4) is 5.75 Å². The first-order valence-electron chi connectivity index (χ1n) is 9.63. The number of allylic oxidation sites excluding steroid dienone is 1. The van der Waals surface area contributed by atoms with Crippen LogP contribution in [0.5, 0.6) is 5.75 Å². The number of amides is 1. The van der Waals surface area contributed by atoms with E-state index in [1.165, 1.54) is 18.4 Å². The largest absolute Gasteiger partial charge is 0.496 e. The third-order valence-corrected chi connectivity index (χ3v) is 5.24. The summed E-state index contributed by atoms with van der Waals surface area (Å²) in [6.45, 7) is 2.38. The van der Waals surface area contributed by atoms with Gasteiger partial charge in [-0.15, -0.1) is 0 Å². The van der Waals surface area contributed by atoms with Gasteiger partial charge in [0.1, 0.15) is 17.1 Å². The molecule has 0 radical (unpaired) electrons. The number of rotatable bonds is 5. The highest BCUT2D eigenvalue weighted by Gasteiger charge is 2.20. The molecule has 1 amide bonds. The van der Waals surface area contributed by atoms with Crippen LogP contribution in [0.2, 0.25) is 0 Å². The second-order valence-corrected chi connectivity index (χ2v) is 7.17. The SMILES string of the molecule is COc1cc2oc3c(c2cc1/C(C)=C/C(=O)NCc1cccnc1)CCCC3. The number of hydrogen-bond donors (Lipinski definition) is 1. The molecule has 5 heteroatoms. The fourth-order valence-electron chi connectivity index (χ4n) is 3.78. The molecule has 0 saturated heterocycles. The van der Waals surface area contributed by atoms with E-state index in [2.05, 4.69) is 16.4 Å². The Morgan fingerprint density at radius 2 is 2.18 bits per heavy atom. The normalized spacial score (nSPS) is 14.0. The second-order valence-electron chi connectivity index (χ2n) is 7.17. The molecule has 1 aliphatic carbocycles. The minimum Gasteiger partial charge on any atom is -0.496 e. The average molecular weight is 376 g/mol. The highest BCUT2D eigenvalue weighted by Crippen LogP contribution is 2.37. The molecular formula is C23H24N2O3. The van der Waals surface area contributed by atoms with Gasteiger partial charge in [0.2, 0.25) is 5.91 Å². The summed E-state index contributed by atoms with van der Waals surface area (Å²) in [7, 11) is 1.64. The molecule has 0 bridgehead atoms. The number of nitrogens with one attached hydrogen (secondary N) is 1. The van der Waals surface area contributed by atoms with Crippen molar-refractivity contribution in [3.05, 3.63) is 65.2 Å². The van der Waals surface area contributed by atoms with E-state index >= 15 is 0 Å². The molecule has 0 atom stereocenters. The molecule has 5 nitrogen and oxygen atoms in total. The average Bonchev–Trinajstić information content (AvgIpc) is 3.09. The number of nitrogens with zero attached hydrogens (tertiary/aromatic N) is 1. The van der Waals surface area contributed by atoms with Crippen LogP contribution in [0, 0.1) is 0 Å². The van der Waals surface area contributed by atoms with E-state index in [1.807, 2.05) is 25.1 Å². The zero-order valence-electron chi connectivity index (χ0n) is 16.2. The highest BCUT2D eigenvalue weighted by atomic mass is 16.5. The van der Waals surface area contributed by atoms with Gasteiger partial charge in [-0.3, -0.25) is 9.78 Å². The van der Waals surface area contributed by atoms with Gasteiger partial charge in [0.25, 0.3) is 0 Å². The standard InChI is InChI=1S/C23H24N2O3/c1-15(10-23(26)25-14-16-6-5-9-24-13-16)18-11-19-17-7-3-4-8-20(17)28-22(19)12-21(18)27-2/h5-6,9-13H,3-4,7-8,14H2,1-2H3,(H,25,26)/b15-10+. The first-order valence-corrected chi connectivity index (χ1v) is 9.63. The Bertz CT molecular complexity index is 1030. The summed E-state index contributed by atoms with van der Waals surface area (Å²) in [6, 6.07) is 7.83. The van der Waals surface area contributed by atoms with Crippen LogP contribution in [0.4, 0.5) is 0 Å². The van der Waals surface area contributed by atoms with Crippen molar-refractivity contribution >= 4 is 22.4 Å². The lowest BCUT2D eigenvalue weighted by atomic mass is 9.94. The lowest BCUT2D eigenvalue weighted by molar-refractivity contribution is -0.116. The van der Waals surface area contributed by atoms with Crippen molar-refractivity contribution in [1.82, 2.24) is 10.3 Å². The Hall–Kier alpha value is -3.08. The summed E-state index contributed by atoms with van der Waals surface area (Å²) in [5, 5.41) is 4.04. The first kappa shape index (κ1) is 18.3. The van der Waals surface area contributed by atoms with Gasteiger partial charge in [0, 0.05) is 54.0 Å². The molecule has 3 aromatic rings. The minimum atomic E-state index is -0.141. The Kier molecular flexibility index (Phi) is 5.15. The number of carbonyl (C=O) groups excluding carboxylic acids is 1. The zero-order valence-corrected chi connectivity index (χ0v) is 16.2. The summed E-state index contributed by atoms with van der Waals surface area (Å²) in [4.78, 5) is 16.4. The predicted octanol–water partition coefficient (Wildman–Crippen LogP) is 4.43. The Morgan fingerprint density at radius 1 is 1.32 bits per heavy atom. The number of ether oxygens (including phenoxy) is 1. The van der Waals surface area contributed by atoms with Gasteiger partial charge >= 0.3 is 0 Å². The van der Waals surface area contributed by atoms with Gasteiger partial charge < -0.3 is 14.5 Å². The maximum Gasteiger partial charge on any atom is 0.244 e. The maximum absolute atomic E-state index is 12.4. The van der Waals surface area contributed by atoms with Gasteiger partial charge in [-0.25, -0.2) is 0 Å². The van der Waals surface area contributed by atoms with Crippen molar-refractivity contribution in [1.29, 1.82) is 0 Å². The van der Waals surface area contributed by atoms with Gasteiger partial charge in [0.05, 0.1) is 7.11 Å². The quantitative estimate of drug-likeness (QED) is 0.669. The van der Waals surface area contributed by atoms with Gasteiger partial charge in [-0.1, -0.05) is 6.07 Å². The third-order valence-electron chi connectivity index (χ3n) is 5.24. The van der Waals surface area contributed by atoms with Crippen LogP contribution in [0.25, 0.3) is 16.5 Å². The van der Waals surface area contributed by atoms with E-state index in [4.69, 9.17) is 9.15 Å². The monoisotopic (exact) mass is 376 g/mol. The number of benzene rings is 1. The second kappa shape index (κ2) is 7.89. The summed E-state index contributed by atoms with van der Waals surface area (Å²) in [5.74, 6) is 1.67.